The lowest BCUT2D eigenvalue weighted by Crippen LogP contribution is -2.14. The predicted octanol–water partition coefficient (Wildman–Crippen LogP) is 4.40. The minimum atomic E-state index is -4.17. The molecule has 0 saturated heterocycles. The number of sulfonamides is 1. The van der Waals surface area contributed by atoms with E-state index in [0.717, 1.165) is 18.2 Å². The van der Waals surface area contributed by atoms with E-state index in [-0.39, 0.29) is 21.7 Å². The highest BCUT2D eigenvalue weighted by Crippen LogP contribution is 2.31. The third-order valence-electron chi connectivity index (χ3n) is 4.48. The number of hydrogen-bond donors (Lipinski definition) is 3. The van der Waals surface area contributed by atoms with Gasteiger partial charge in [-0.3, -0.25) is 4.72 Å². The summed E-state index contributed by atoms with van der Waals surface area (Å²) in [6.07, 6.45) is 0.337. The lowest BCUT2D eigenvalue weighted by atomic mass is 10.0. The molecule has 30 heavy (non-hydrogen) atoms. The zero-order valence-electron chi connectivity index (χ0n) is 15.7. The molecule has 0 aliphatic heterocycles. The van der Waals surface area contributed by atoms with Crippen LogP contribution >= 0.6 is 0 Å². The van der Waals surface area contributed by atoms with Crippen molar-refractivity contribution in [3.63, 3.8) is 0 Å². The second-order valence-electron chi connectivity index (χ2n) is 6.44. The van der Waals surface area contributed by atoms with Crippen molar-refractivity contribution in [3.8, 4) is 16.9 Å². The summed E-state index contributed by atoms with van der Waals surface area (Å²) in [6, 6.07) is 10.5. The highest BCUT2D eigenvalue weighted by atomic mass is 32.2. The van der Waals surface area contributed by atoms with Crippen molar-refractivity contribution < 1.29 is 32.2 Å². The number of nitrogens with one attached hydrogen (secondary N) is 1. The molecule has 0 atom stereocenters. The van der Waals surface area contributed by atoms with Gasteiger partial charge in [-0.25, -0.2) is 22.0 Å². The third-order valence-corrected chi connectivity index (χ3v) is 5.87. The lowest BCUT2D eigenvalue weighted by Gasteiger charge is -2.13. The second kappa shape index (κ2) is 8.11. The van der Waals surface area contributed by atoms with Gasteiger partial charge in [-0.1, -0.05) is 19.1 Å². The Hall–Kier alpha value is -3.46. The van der Waals surface area contributed by atoms with Gasteiger partial charge in [0.05, 0.1) is 16.1 Å². The molecule has 0 heterocycles. The molecule has 0 radical (unpaired) electrons. The molecule has 3 N–H and O–H groups in total. The van der Waals surface area contributed by atoms with E-state index in [1.807, 2.05) is 0 Å². The highest BCUT2D eigenvalue weighted by Gasteiger charge is 2.20. The molecule has 0 amide bonds. The quantitative estimate of drug-likeness (QED) is 0.500. The van der Waals surface area contributed by atoms with Crippen molar-refractivity contribution in [2.45, 2.75) is 18.2 Å². The van der Waals surface area contributed by atoms with Gasteiger partial charge in [0.2, 0.25) is 0 Å². The fraction of sp³-hybridized carbons (Fsp3) is 0.0952. The topological polar surface area (TPSA) is 104 Å². The van der Waals surface area contributed by atoms with Crippen molar-refractivity contribution in [1.29, 1.82) is 0 Å². The molecule has 0 fully saturated rings. The van der Waals surface area contributed by atoms with E-state index in [2.05, 4.69) is 4.72 Å². The Morgan fingerprint density at radius 3 is 2.27 bits per heavy atom. The van der Waals surface area contributed by atoms with Crippen LogP contribution in [-0.2, 0) is 16.4 Å². The number of carbonyl (C=O) groups is 1. The summed E-state index contributed by atoms with van der Waals surface area (Å²) in [7, 11) is -4.17. The zero-order valence-corrected chi connectivity index (χ0v) is 16.5. The maximum absolute atomic E-state index is 13.9. The number of phenolic OH excluding ortho intramolecular Hbond substituents is 1. The van der Waals surface area contributed by atoms with Crippen LogP contribution in [0.3, 0.4) is 0 Å². The summed E-state index contributed by atoms with van der Waals surface area (Å²) in [5.74, 6) is -3.18. The first-order chi connectivity index (χ1) is 14.1. The van der Waals surface area contributed by atoms with Crippen LogP contribution in [0.1, 0.15) is 22.8 Å². The fourth-order valence-corrected chi connectivity index (χ4v) is 4.01. The molecule has 0 aliphatic carbocycles. The van der Waals surface area contributed by atoms with Crippen LogP contribution in [0.5, 0.6) is 5.75 Å². The van der Waals surface area contributed by atoms with E-state index in [9.17, 15) is 32.2 Å². The monoisotopic (exact) mass is 433 g/mol. The van der Waals surface area contributed by atoms with E-state index in [4.69, 9.17) is 0 Å². The fourth-order valence-electron chi connectivity index (χ4n) is 2.95. The Bertz CT molecular complexity index is 1220. The van der Waals surface area contributed by atoms with E-state index < -0.39 is 33.4 Å². The van der Waals surface area contributed by atoms with Crippen molar-refractivity contribution in [2.75, 3.05) is 4.72 Å². The molecule has 3 aromatic carbocycles. The van der Waals surface area contributed by atoms with Crippen molar-refractivity contribution in [2.24, 2.45) is 0 Å². The van der Waals surface area contributed by atoms with Crippen LogP contribution in [0, 0.1) is 11.6 Å². The van der Waals surface area contributed by atoms with Crippen LogP contribution in [-0.4, -0.2) is 24.6 Å². The smallest absolute Gasteiger partial charge is 0.336 e. The molecule has 9 heteroatoms. The molecule has 0 bridgehead atoms. The summed E-state index contributed by atoms with van der Waals surface area (Å²) in [4.78, 5) is 11.2. The standard InChI is InChI=1S/C21H17F2NO5S/c1-2-12-9-20(25)19(11-17(12)21(26)27)24-30(28,29)15-6-3-13(4-7-15)16-8-5-14(22)10-18(16)23/h3-11,24-25H,2H2,1H3,(H,26,27). The Morgan fingerprint density at radius 2 is 1.70 bits per heavy atom. The van der Waals surface area contributed by atoms with E-state index >= 15 is 0 Å². The average Bonchev–Trinajstić information content (AvgIpc) is 2.69. The second-order valence-corrected chi connectivity index (χ2v) is 8.12. The molecule has 0 unspecified atom stereocenters. The number of aromatic hydroxyl groups is 1. The molecule has 0 spiro atoms. The Labute approximate surface area is 171 Å². The summed E-state index contributed by atoms with van der Waals surface area (Å²) < 4.78 is 54.5. The minimum absolute atomic E-state index is 0.104. The zero-order chi connectivity index (χ0) is 22.1. The number of aryl methyl sites for hydroxylation is 1. The first-order valence-electron chi connectivity index (χ1n) is 8.80. The number of carboxylic acid groups (broad SMARTS) is 1. The number of carboxylic acids is 1. The van der Waals surface area contributed by atoms with Gasteiger partial charge >= 0.3 is 5.97 Å². The van der Waals surface area contributed by atoms with Crippen LogP contribution in [0.15, 0.2) is 59.5 Å². The first-order valence-corrected chi connectivity index (χ1v) is 10.3. The maximum atomic E-state index is 13.9. The number of aromatic carboxylic acids is 1. The maximum Gasteiger partial charge on any atom is 0.336 e. The Balaban J connectivity index is 1.93. The number of halogens is 2. The molecule has 3 rings (SSSR count). The third kappa shape index (κ3) is 4.25. The van der Waals surface area contributed by atoms with Gasteiger partial charge in [-0.05, 0) is 53.9 Å². The van der Waals surface area contributed by atoms with Crippen molar-refractivity contribution >= 4 is 21.7 Å². The van der Waals surface area contributed by atoms with Gasteiger partial charge in [0, 0.05) is 11.6 Å². The van der Waals surface area contributed by atoms with Gasteiger partial charge in [0.25, 0.3) is 10.0 Å². The number of rotatable bonds is 6. The van der Waals surface area contributed by atoms with Crippen LogP contribution in [0.2, 0.25) is 0 Å². The number of phenols is 1. The summed E-state index contributed by atoms with van der Waals surface area (Å²) >= 11 is 0. The van der Waals surface area contributed by atoms with Crippen molar-refractivity contribution in [1.82, 2.24) is 0 Å². The summed E-state index contributed by atoms with van der Waals surface area (Å²) in [5, 5.41) is 19.4. The molecular weight excluding hydrogens is 416 g/mol. The minimum Gasteiger partial charge on any atom is -0.506 e. The molecule has 156 valence electrons. The number of benzene rings is 3. The molecule has 0 aromatic heterocycles. The van der Waals surface area contributed by atoms with E-state index in [0.29, 0.717) is 17.5 Å². The van der Waals surface area contributed by atoms with Gasteiger partial charge in [0.1, 0.15) is 17.4 Å². The predicted molar refractivity (Wildman–Crippen MR) is 107 cm³/mol. The Kier molecular flexibility index (Phi) is 5.75. The largest absolute Gasteiger partial charge is 0.506 e. The molecule has 3 aromatic rings. The Morgan fingerprint density at radius 1 is 1.03 bits per heavy atom. The van der Waals surface area contributed by atoms with E-state index in [1.165, 1.54) is 36.4 Å². The van der Waals surface area contributed by atoms with Gasteiger partial charge in [0.15, 0.2) is 0 Å². The molecule has 6 nitrogen and oxygen atoms in total. The molecule has 0 saturated carbocycles. The van der Waals surface area contributed by atoms with Crippen LogP contribution in [0.25, 0.3) is 11.1 Å². The average molecular weight is 433 g/mol. The lowest BCUT2D eigenvalue weighted by molar-refractivity contribution is 0.0695. The highest BCUT2D eigenvalue weighted by molar-refractivity contribution is 7.92. The van der Waals surface area contributed by atoms with Crippen molar-refractivity contribution in [3.05, 3.63) is 77.4 Å². The molecular formula is C21H17F2NO5S. The van der Waals surface area contributed by atoms with E-state index in [1.54, 1.807) is 6.92 Å². The number of anilines is 1. The van der Waals surface area contributed by atoms with Crippen LogP contribution < -0.4 is 4.72 Å². The van der Waals surface area contributed by atoms with Gasteiger partial charge in [-0.2, -0.15) is 0 Å². The van der Waals surface area contributed by atoms with Gasteiger partial charge < -0.3 is 10.2 Å². The molecule has 0 aliphatic rings. The SMILES string of the molecule is CCc1cc(O)c(NS(=O)(=O)c2ccc(-c3ccc(F)cc3F)cc2)cc1C(=O)O. The summed E-state index contributed by atoms with van der Waals surface area (Å²) in [6.45, 7) is 1.70. The van der Waals surface area contributed by atoms with Gasteiger partial charge in [-0.15, -0.1) is 0 Å². The normalized spacial score (nSPS) is 11.3. The number of hydrogen-bond acceptors (Lipinski definition) is 4. The summed E-state index contributed by atoms with van der Waals surface area (Å²) in [5.41, 5.74) is 0.393. The van der Waals surface area contributed by atoms with Crippen LogP contribution in [0.4, 0.5) is 14.5 Å². The first kappa shape index (κ1) is 21.3.